The van der Waals surface area contributed by atoms with Crippen LogP contribution in [0.4, 0.5) is 0 Å². The van der Waals surface area contributed by atoms with Crippen molar-refractivity contribution in [1.29, 1.82) is 0 Å². The molecule has 1 amide bonds. The third kappa shape index (κ3) is 4.21. The second-order valence-electron chi connectivity index (χ2n) is 8.07. The Balaban J connectivity index is 1.48. The van der Waals surface area contributed by atoms with E-state index in [-0.39, 0.29) is 35.3 Å². The zero-order chi connectivity index (χ0) is 21.5. The fourth-order valence-electron chi connectivity index (χ4n) is 4.54. The number of nitrogens with zero attached hydrogens (tertiary/aromatic N) is 1. The van der Waals surface area contributed by atoms with Crippen LogP contribution in [0.3, 0.4) is 0 Å². The van der Waals surface area contributed by atoms with Crippen molar-refractivity contribution in [2.24, 2.45) is 0 Å². The van der Waals surface area contributed by atoms with Crippen molar-refractivity contribution < 1.29 is 27.2 Å². The predicted octanol–water partition coefficient (Wildman–Crippen LogP) is 3.51. The van der Waals surface area contributed by atoms with Gasteiger partial charge in [-0.15, -0.1) is 0 Å². The molecule has 2 aromatic rings. The Kier molecular flexibility index (Phi) is 5.81. The summed E-state index contributed by atoms with van der Waals surface area (Å²) in [6.07, 6.45) is 4.14. The van der Waals surface area contributed by atoms with E-state index in [1.54, 1.807) is 30.0 Å². The van der Waals surface area contributed by atoms with Crippen LogP contribution in [-0.2, 0) is 19.4 Å². The predicted molar refractivity (Wildman–Crippen MR) is 112 cm³/mol. The van der Waals surface area contributed by atoms with Crippen molar-refractivity contribution in [1.82, 2.24) is 4.90 Å². The summed E-state index contributed by atoms with van der Waals surface area (Å²) in [4.78, 5) is 27.2. The molecule has 1 saturated carbocycles. The molecule has 1 aromatic heterocycles. The highest BCUT2D eigenvalue weighted by Crippen LogP contribution is 2.30. The molecule has 9 heteroatoms. The molecule has 0 radical (unpaired) electrons. The number of rotatable bonds is 5. The van der Waals surface area contributed by atoms with Gasteiger partial charge in [0.15, 0.2) is 16.4 Å². The van der Waals surface area contributed by atoms with E-state index in [4.69, 9.17) is 20.8 Å². The van der Waals surface area contributed by atoms with Gasteiger partial charge in [0.1, 0.15) is 5.58 Å². The van der Waals surface area contributed by atoms with Gasteiger partial charge in [0.2, 0.25) is 5.76 Å². The molecule has 7 nitrogen and oxygen atoms in total. The van der Waals surface area contributed by atoms with Gasteiger partial charge in [-0.25, -0.2) is 13.2 Å². The number of ether oxygens (including phenoxy) is 1. The first kappa shape index (κ1) is 21.2. The lowest BCUT2D eigenvalue weighted by atomic mass is 10.1. The Hall–Kier alpha value is -2.06. The molecule has 1 aliphatic heterocycles. The largest absolute Gasteiger partial charge is 0.450 e. The van der Waals surface area contributed by atoms with Crippen LogP contribution < -0.4 is 0 Å². The summed E-state index contributed by atoms with van der Waals surface area (Å²) < 4.78 is 34.7. The third-order valence-corrected chi connectivity index (χ3v) is 8.00. The fourth-order valence-corrected chi connectivity index (χ4v) is 6.42. The summed E-state index contributed by atoms with van der Waals surface area (Å²) in [7, 11) is -3.13. The fraction of sp³-hybridized carbons (Fsp3) is 0.524. The molecule has 0 N–H and O–H groups in total. The number of sulfone groups is 1. The Labute approximate surface area is 180 Å². The molecule has 1 atom stereocenters. The first-order chi connectivity index (χ1) is 14.2. The van der Waals surface area contributed by atoms with Crippen molar-refractivity contribution in [3.8, 4) is 0 Å². The molecule has 0 bridgehead atoms. The molecule has 1 aromatic carbocycles. The minimum Gasteiger partial charge on any atom is -0.450 e. The summed E-state index contributed by atoms with van der Waals surface area (Å²) in [6.45, 7) is 1.29. The van der Waals surface area contributed by atoms with Gasteiger partial charge in [0, 0.05) is 28.1 Å². The number of aryl methyl sites for hydroxylation is 1. The van der Waals surface area contributed by atoms with Crippen LogP contribution >= 0.6 is 11.6 Å². The van der Waals surface area contributed by atoms with Crippen LogP contribution in [0.5, 0.6) is 0 Å². The van der Waals surface area contributed by atoms with Crippen molar-refractivity contribution in [2.75, 3.05) is 18.1 Å². The van der Waals surface area contributed by atoms with Crippen LogP contribution in [0.2, 0.25) is 5.02 Å². The number of carbonyl (C=O) groups excluding carboxylic acids is 2. The Bertz CT molecular complexity index is 1090. The minimum absolute atomic E-state index is 0.00424. The highest BCUT2D eigenvalue weighted by molar-refractivity contribution is 7.91. The van der Waals surface area contributed by atoms with Gasteiger partial charge in [-0.05, 0) is 44.4 Å². The lowest BCUT2D eigenvalue weighted by Crippen LogP contribution is -2.48. The van der Waals surface area contributed by atoms with Gasteiger partial charge in [-0.3, -0.25) is 4.79 Å². The molecule has 30 heavy (non-hydrogen) atoms. The number of fused-ring (bicyclic) bond motifs is 1. The second-order valence-corrected chi connectivity index (χ2v) is 10.7. The molecular weight excluding hydrogens is 430 g/mol. The highest BCUT2D eigenvalue weighted by atomic mass is 35.5. The van der Waals surface area contributed by atoms with Gasteiger partial charge in [-0.2, -0.15) is 0 Å². The van der Waals surface area contributed by atoms with Crippen LogP contribution in [0.15, 0.2) is 22.6 Å². The Morgan fingerprint density at radius 2 is 1.93 bits per heavy atom. The van der Waals surface area contributed by atoms with E-state index in [2.05, 4.69) is 0 Å². The molecule has 162 valence electrons. The van der Waals surface area contributed by atoms with E-state index in [9.17, 15) is 18.0 Å². The number of amides is 1. The SMILES string of the molecule is Cc1c(C(=O)OCC(=O)N(C2CCCC2)C2CCS(=O)(=O)C2)oc2ccc(Cl)cc12. The van der Waals surface area contributed by atoms with E-state index >= 15 is 0 Å². The first-order valence-corrected chi connectivity index (χ1v) is 12.3. The molecule has 2 fully saturated rings. The molecule has 1 unspecified atom stereocenters. The number of halogens is 1. The van der Waals surface area contributed by atoms with E-state index in [0.29, 0.717) is 28.0 Å². The van der Waals surface area contributed by atoms with E-state index < -0.39 is 22.4 Å². The van der Waals surface area contributed by atoms with Gasteiger partial charge in [-0.1, -0.05) is 24.4 Å². The third-order valence-electron chi connectivity index (χ3n) is 6.02. The summed E-state index contributed by atoms with van der Waals surface area (Å²) in [5, 5.41) is 1.24. The van der Waals surface area contributed by atoms with Crippen molar-refractivity contribution in [3.05, 3.63) is 34.5 Å². The van der Waals surface area contributed by atoms with Crippen LogP contribution in [0, 0.1) is 6.92 Å². The number of hydrogen-bond donors (Lipinski definition) is 0. The van der Waals surface area contributed by atoms with E-state index in [1.165, 1.54) is 0 Å². The Morgan fingerprint density at radius 3 is 2.60 bits per heavy atom. The molecular formula is C21H24ClNO6S. The molecule has 1 aliphatic carbocycles. The lowest BCUT2D eigenvalue weighted by Gasteiger charge is -2.33. The number of furan rings is 1. The van der Waals surface area contributed by atoms with E-state index in [1.807, 2.05) is 0 Å². The maximum Gasteiger partial charge on any atom is 0.375 e. The zero-order valence-electron chi connectivity index (χ0n) is 16.7. The maximum atomic E-state index is 13.0. The van der Waals surface area contributed by atoms with Crippen LogP contribution in [0.1, 0.15) is 48.2 Å². The highest BCUT2D eigenvalue weighted by Gasteiger charge is 2.39. The number of carbonyl (C=O) groups is 2. The minimum atomic E-state index is -3.13. The van der Waals surface area contributed by atoms with Crippen LogP contribution in [-0.4, -0.2) is 55.4 Å². The van der Waals surface area contributed by atoms with Crippen molar-refractivity contribution in [3.63, 3.8) is 0 Å². The van der Waals surface area contributed by atoms with Gasteiger partial charge in [0.05, 0.1) is 11.5 Å². The monoisotopic (exact) mass is 453 g/mol. The Morgan fingerprint density at radius 1 is 1.20 bits per heavy atom. The lowest BCUT2D eigenvalue weighted by molar-refractivity contribution is -0.139. The van der Waals surface area contributed by atoms with Crippen molar-refractivity contribution in [2.45, 2.75) is 51.1 Å². The molecule has 0 spiro atoms. The smallest absolute Gasteiger partial charge is 0.375 e. The van der Waals surface area contributed by atoms with Crippen LogP contribution in [0.25, 0.3) is 11.0 Å². The van der Waals surface area contributed by atoms with Gasteiger partial charge >= 0.3 is 5.97 Å². The number of hydrogen-bond acceptors (Lipinski definition) is 6. The average Bonchev–Trinajstić information content (AvgIpc) is 3.41. The van der Waals surface area contributed by atoms with Gasteiger partial charge in [0.25, 0.3) is 5.91 Å². The normalized spacial score (nSPS) is 21.2. The topological polar surface area (TPSA) is 93.9 Å². The molecule has 2 aliphatic rings. The summed E-state index contributed by atoms with van der Waals surface area (Å²) in [5.74, 6) is -0.968. The standard InChI is InChI=1S/C21H24ClNO6S/c1-13-17-10-14(22)6-7-18(17)29-20(13)21(25)28-11-19(24)23(15-4-2-3-5-15)16-8-9-30(26,27)12-16/h6-7,10,15-16H,2-5,8-9,11-12H2,1H3. The number of benzene rings is 1. The van der Waals surface area contributed by atoms with E-state index in [0.717, 1.165) is 25.7 Å². The average molecular weight is 454 g/mol. The summed E-state index contributed by atoms with van der Waals surface area (Å²) >= 11 is 6.01. The molecule has 1 saturated heterocycles. The van der Waals surface area contributed by atoms with Gasteiger partial charge < -0.3 is 14.1 Å². The number of esters is 1. The molecule has 4 rings (SSSR count). The molecule has 2 heterocycles. The zero-order valence-corrected chi connectivity index (χ0v) is 18.3. The summed E-state index contributed by atoms with van der Waals surface area (Å²) in [5.41, 5.74) is 1.11. The second kappa shape index (κ2) is 8.23. The quantitative estimate of drug-likeness (QED) is 0.643. The van der Waals surface area contributed by atoms with Crippen molar-refractivity contribution >= 4 is 44.3 Å². The maximum absolute atomic E-state index is 13.0. The first-order valence-electron chi connectivity index (χ1n) is 10.1. The summed E-state index contributed by atoms with van der Waals surface area (Å²) in [6, 6.07) is 4.71.